The van der Waals surface area contributed by atoms with Crippen molar-refractivity contribution in [1.29, 1.82) is 0 Å². The number of anilines is 2. The standard InChI is InChI=1S/C24H28N4O4/c1-15-11-16(2)26-24(25-15)27-19-10-8-7-9-18(19)23(29)28(3)14-17-12-20(30-4)22(32-6)21(13-17)31-5/h7-13H,14H2,1-6H3,(H,25,26,27). The monoisotopic (exact) mass is 436 g/mol. The maximum atomic E-state index is 13.3. The molecule has 0 aliphatic heterocycles. The zero-order valence-corrected chi connectivity index (χ0v) is 19.2. The molecule has 32 heavy (non-hydrogen) atoms. The Labute approximate surface area is 188 Å². The number of hydrogen-bond acceptors (Lipinski definition) is 7. The SMILES string of the molecule is COc1cc(CN(C)C(=O)c2ccccc2Nc2nc(C)cc(C)n2)cc(OC)c1OC. The number of hydrogen-bond donors (Lipinski definition) is 1. The summed E-state index contributed by atoms with van der Waals surface area (Å²) in [6.45, 7) is 4.16. The van der Waals surface area contributed by atoms with Crippen molar-refractivity contribution in [1.82, 2.24) is 14.9 Å². The van der Waals surface area contributed by atoms with Gasteiger partial charge in [-0.25, -0.2) is 9.97 Å². The zero-order valence-electron chi connectivity index (χ0n) is 19.2. The quantitative estimate of drug-likeness (QED) is 0.568. The molecule has 3 aromatic rings. The van der Waals surface area contributed by atoms with Gasteiger partial charge in [0.1, 0.15) is 0 Å². The molecule has 8 nitrogen and oxygen atoms in total. The van der Waals surface area contributed by atoms with E-state index in [9.17, 15) is 4.79 Å². The molecule has 0 bridgehead atoms. The van der Waals surface area contributed by atoms with Gasteiger partial charge in [0.2, 0.25) is 11.7 Å². The molecule has 0 fully saturated rings. The molecule has 1 N–H and O–H groups in total. The van der Waals surface area contributed by atoms with Gasteiger partial charge in [-0.15, -0.1) is 0 Å². The van der Waals surface area contributed by atoms with E-state index in [1.165, 1.54) is 0 Å². The molecule has 0 aliphatic carbocycles. The van der Waals surface area contributed by atoms with Crippen LogP contribution in [0, 0.1) is 13.8 Å². The van der Waals surface area contributed by atoms with Crippen molar-refractivity contribution < 1.29 is 19.0 Å². The van der Waals surface area contributed by atoms with Crippen molar-refractivity contribution in [2.24, 2.45) is 0 Å². The molecule has 168 valence electrons. The Hall–Kier alpha value is -3.81. The second kappa shape index (κ2) is 10.00. The normalized spacial score (nSPS) is 10.4. The molecule has 8 heteroatoms. The summed E-state index contributed by atoms with van der Waals surface area (Å²) in [7, 11) is 6.43. The second-order valence-electron chi connectivity index (χ2n) is 7.34. The first kappa shape index (κ1) is 22.9. The van der Waals surface area contributed by atoms with Crippen molar-refractivity contribution in [3.05, 3.63) is 65.0 Å². The summed E-state index contributed by atoms with van der Waals surface area (Å²) in [6.07, 6.45) is 0. The van der Waals surface area contributed by atoms with Gasteiger partial charge >= 0.3 is 0 Å². The van der Waals surface area contributed by atoms with Crippen molar-refractivity contribution in [3.63, 3.8) is 0 Å². The van der Waals surface area contributed by atoms with E-state index in [0.29, 0.717) is 41.0 Å². The predicted molar refractivity (Wildman–Crippen MR) is 123 cm³/mol. The number of carbonyl (C=O) groups is 1. The zero-order chi connectivity index (χ0) is 23.3. The molecule has 0 saturated carbocycles. The summed E-state index contributed by atoms with van der Waals surface area (Å²) >= 11 is 0. The van der Waals surface area contributed by atoms with Gasteiger partial charge in [0, 0.05) is 25.0 Å². The lowest BCUT2D eigenvalue weighted by Gasteiger charge is -2.21. The minimum atomic E-state index is -0.147. The largest absolute Gasteiger partial charge is 0.493 e. The summed E-state index contributed by atoms with van der Waals surface area (Å²) in [4.78, 5) is 23.7. The lowest BCUT2D eigenvalue weighted by atomic mass is 10.1. The lowest BCUT2D eigenvalue weighted by Crippen LogP contribution is -2.27. The highest BCUT2D eigenvalue weighted by atomic mass is 16.5. The Morgan fingerprint density at radius 1 is 0.938 bits per heavy atom. The number of rotatable bonds is 8. The minimum absolute atomic E-state index is 0.147. The minimum Gasteiger partial charge on any atom is -0.493 e. The van der Waals surface area contributed by atoms with E-state index in [1.807, 2.05) is 50.2 Å². The molecular formula is C24H28N4O4. The number of aromatic nitrogens is 2. The van der Waals surface area contributed by atoms with Crippen LogP contribution < -0.4 is 19.5 Å². The van der Waals surface area contributed by atoms with Crippen LogP contribution in [-0.4, -0.2) is 49.2 Å². The van der Waals surface area contributed by atoms with Crippen molar-refractivity contribution >= 4 is 17.5 Å². The number of para-hydroxylation sites is 1. The third kappa shape index (κ3) is 5.08. The third-order valence-corrected chi connectivity index (χ3v) is 4.88. The highest BCUT2D eigenvalue weighted by Gasteiger charge is 2.19. The molecule has 1 aromatic heterocycles. The van der Waals surface area contributed by atoms with Gasteiger partial charge in [-0.2, -0.15) is 0 Å². The van der Waals surface area contributed by atoms with Crippen LogP contribution in [0.2, 0.25) is 0 Å². The summed E-state index contributed by atoms with van der Waals surface area (Å²) in [5.41, 5.74) is 3.70. The molecule has 0 radical (unpaired) electrons. The van der Waals surface area contributed by atoms with Crippen LogP contribution >= 0.6 is 0 Å². The number of nitrogens with zero attached hydrogens (tertiary/aromatic N) is 3. The van der Waals surface area contributed by atoms with E-state index in [4.69, 9.17) is 14.2 Å². The average molecular weight is 437 g/mol. The molecule has 2 aromatic carbocycles. The van der Waals surface area contributed by atoms with Gasteiger partial charge in [-0.3, -0.25) is 4.79 Å². The Balaban J connectivity index is 1.85. The van der Waals surface area contributed by atoms with Crippen LogP contribution in [0.3, 0.4) is 0 Å². The van der Waals surface area contributed by atoms with Gasteiger partial charge in [0.25, 0.3) is 5.91 Å². The Kier molecular flexibility index (Phi) is 7.14. The number of benzene rings is 2. The van der Waals surface area contributed by atoms with Crippen molar-refractivity contribution in [2.45, 2.75) is 20.4 Å². The van der Waals surface area contributed by atoms with Crippen molar-refractivity contribution in [2.75, 3.05) is 33.7 Å². The summed E-state index contributed by atoms with van der Waals surface area (Å²) < 4.78 is 16.2. The first-order valence-electron chi connectivity index (χ1n) is 10.1. The second-order valence-corrected chi connectivity index (χ2v) is 7.34. The third-order valence-electron chi connectivity index (χ3n) is 4.88. The van der Waals surface area contributed by atoms with Crippen molar-refractivity contribution in [3.8, 4) is 17.2 Å². The van der Waals surface area contributed by atoms with Gasteiger partial charge in [0.05, 0.1) is 32.6 Å². The van der Waals surface area contributed by atoms with Gasteiger partial charge in [-0.05, 0) is 49.7 Å². The molecule has 1 amide bonds. The number of nitrogens with one attached hydrogen (secondary N) is 1. The Morgan fingerprint density at radius 3 is 2.09 bits per heavy atom. The van der Waals surface area contributed by atoms with Crippen LogP contribution in [0.15, 0.2) is 42.5 Å². The molecule has 1 heterocycles. The molecule has 0 spiro atoms. The van der Waals surface area contributed by atoms with Crippen LogP contribution in [0.4, 0.5) is 11.6 Å². The number of carbonyl (C=O) groups excluding carboxylic acids is 1. The number of ether oxygens (including phenoxy) is 3. The van der Waals surface area contributed by atoms with E-state index in [1.54, 1.807) is 39.3 Å². The Morgan fingerprint density at radius 2 is 1.53 bits per heavy atom. The highest BCUT2D eigenvalue weighted by Crippen LogP contribution is 2.38. The van der Waals surface area contributed by atoms with E-state index >= 15 is 0 Å². The number of aryl methyl sites for hydroxylation is 2. The van der Waals surface area contributed by atoms with E-state index in [-0.39, 0.29) is 5.91 Å². The first-order valence-corrected chi connectivity index (χ1v) is 10.1. The average Bonchev–Trinajstić information content (AvgIpc) is 2.77. The fraction of sp³-hybridized carbons (Fsp3) is 0.292. The molecule has 0 atom stereocenters. The molecule has 3 rings (SSSR count). The van der Waals surface area contributed by atoms with Crippen LogP contribution in [0.25, 0.3) is 0 Å². The fourth-order valence-corrected chi connectivity index (χ4v) is 3.46. The van der Waals surface area contributed by atoms with Gasteiger partial charge in [0.15, 0.2) is 11.5 Å². The summed E-state index contributed by atoms with van der Waals surface area (Å²) in [5, 5.41) is 3.18. The van der Waals surface area contributed by atoms with E-state index < -0.39 is 0 Å². The van der Waals surface area contributed by atoms with Gasteiger partial charge < -0.3 is 24.4 Å². The van der Waals surface area contributed by atoms with Crippen LogP contribution in [-0.2, 0) is 6.54 Å². The maximum Gasteiger partial charge on any atom is 0.256 e. The summed E-state index contributed by atoms with van der Waals surface area (Å²) in [6, 6.07) is 12.9. The number of amides is 1. The van der Waals surface area contributed by atoms with E-state index in [0.717, 1.165) is 17.0 Å². The highest BCUT2D eigenvalue weighted by molar-refractivity contribution is 6.00. The number of methoxy groups -OCH3 is 3. The smallest absolute Gasteiger partial charge is 0.256 e. The topological polar surface area (TPSA) is 85.8 Å². The van der Waals surface area contributed by atoms with E-state index in [2.05, 4.69) is 15.3 Å². The lowest BCUT2D eigenvalue weighted by molar-refractivity contribution is 0.0786. The predicted octanol–water partition coefficient (Wildman–Crippen LogP) is 4.14. The molecule has 0 saturated heterocycles. The molecule has 0 unspecified atom stereocenters. The maximum absolute atomic E-state index is 13.3. The van der Waals surface area contributed by atoms with Gasteiger partial charge in [-0.1, -0.05) is 12.1 Å². The molecular weight excluding hydrogens is 408 g/mol. The van der Waals surface area contributed by atoms with Crippen LogP contribution in [0.1, 0.15) is 27.3 Å². The Bertz CT molecular complexity index is 1070. The van der Waals surface area contributed by atoms with Crippen LogP contribution in [0.5, 0.6) is 17.2 Å². The molecule has 0 aliphatic rings. The summed E-state index contributed by atoms with van der Waals surface area (Å²) in [5.74, 6) is 1.89. The fourth-order valence-electron chi connectivity index (χ4n) is 3.46. The first-order chi connectivity index (χ1) is 15.4.